The molecule has 1 aromatic carbocycles. The van der Waals surface area contributed by atoms with Crippen LogP contribution in [0.4, 0.5) is 0 Å². The number of para-hydroxylation sites is 1. The molecule has 2 rings (SSSR count). The van der Waals surface area contributed by atoms with Crippen molar-refractivity contribution in [2.45, 2.75) is 26.2 Å². The van der Waals surface area contributed by atoms with Gasteiger partial charge in [-0.15, -0.1) is 10.2 Å². The molecule has 18 heavy (non-hydrogen) atoms. The summed E-state index contributed by atoms with van der Waals surface area (Å²) in [7, 11) is 0. The van der Waals surface area contributed by atoms with Gasteiger partial charge in [0.1, 0.15) is 5.82 Å². The van der Waals surface area contributed by atoms with Crippen molar-refractivity contribution in [3.05, 3.63) is 39.4 Å². The van der Waals surface area contributed by atoms with Crippen LogP contribution in [0.3, 0.4) is 0 Å². The van der Waals surface area contributed by atoms with Crippen LogP contribution in [0, 0.1) is 0 Å². The van der Waals surface area contributed by atoms with E-state index in [0.29, 0.717) is 21.6 Å². The van der Waals surface area contributed by atoms with Crippen LogP contribution >= 0.6 is 34.8 Å². The van der Waals surface area contributed by atoms with Gasteiger partial charge in [0.25, 0.3) is 0 Å². The topological polar surface area (TPSA) is 30.7 Å². The summed E-state index contributed by atoms with van der Waals surface area (Å²) in [6.45, 7) is 6.07. The molecule has 0 saturated heterocycles. The number of aromatic nitrogens is 3. The molecule has 0 atom stereocenters. The van der Waals surface area contributed by atoms with Gasteiger partial charge in [0.05, 0.1) is 15.7 Å². The Hall–Kier alpha value is -0.770. The van der Waals surface area contributed by atoms with Crippen molar-refractivity contribution in [3.8, 4) is 5.69 Å². The number of hydrogen-bond donors (Lipinski definition) is 0. The Morgan fingerprint density at radius 2 is 1.56 bits per heavy atom. The molecule has 3 nitrogen and oxygen atoms in total. The molecule has 0 spiro atoms. The van der Waals surface area contributed by atoms with Crippen molar-refractivity contribution in [2.75, 3.05) is 0 Å². The van der Waals surface area contributed by atoms with E-state index in [1.165, 1.54) is 0 Å². The summed E-state index contributed by atoms with van der Waals surface area (Å²) in [5, 5.41) is 9.28. The largest absolute Gasteiger partial charge is 0.266 e. The van der Waals surface area contributed by atoms with E-state index in [2.05, 4.69) is 10.2 Å². The molecule has 0 radical (unpaired) electrons. The highest BCUT2D eigenvalue weighted by molar-refractivity contribution is 6.38. The van der Waals surface area contributed by atoms with E-state index in [1.54, 1.807) is 22.8 Å². The van der Waals surface area contributed by atoms with Crippen LogP contribution in [0.5, 0.6) is 0 Å². The SMILES string of the molecule is CC(C)(C)c1nnc(Cl)n1-c1c(Cl)cccc1Cl. The second-order valence-electron chi connectivity index (χ2n) is 4.95. The lowest BCUT2D eigenvalue weighted by Gasteiger charge is -2.20. The van der Waals surface area contributed by atoms with E-state index in [-0.39, 0.29) is 10.7 Å². The van der Waals surface area contributed by atoms with Crippen LogP contribution in [0.1, 0.15) is 26.6 Å². The number of halogens is 3. The Kier molecular flexibility index (Phi) is 3.58. The van der Waals surface area contributed by atoms with E-state index in [9.17, 15) is 0 Å². The van der Waals surface area contributed by atoms with Gasteiger partial charge >= 0.3 is 0 Å². The second kappa shape index (κ2) is 4.72. The Morgan fingerprint density at radius 3 is 2.06 bits per heavy atom. The van der Waals surface area contributed by atoms with Gasteiger partial charge in [-0.2, -0.15) is 0 Å². The van der Waals surface area contributed by atoms with Crippen molar-refractivity contribution in [3.63, 3.8) is 0 Å². The molecule has 0 fully saturated rings. The van der Waals surface area contributed by atoms with Crippen LogP contribution in [0.15, 0.2) is 18.2 Å². The first-order valence-corrected chi connectivity index (χ1v) is 6.51. The average molecular weight is 305 g/mol. The highest BCUT2D eigenvalue weighted by atomic mass is 35.5. The molecule has 0 bridgehead atoms. The molecule has 6 heteroatoms. The average Bonchev–Trinajstić information content (AvgIpc) is 2.60. The molecule has 0 aliphatic carbocycles. The Bertz CT molecular complexity index is 564. The van der Waals surface area contributed by atoms with Gasteiger partial charge in [-0.1, -0.05) is 50.0 Å². The van der Waals surface area contributed by atoms with Crippen molar-refractivity contribution in [2.24, 2.45) is 0 Å². The molecule has 96 valence electrons. The third-order valence-corrected chi connectivity index (χ3v) is 3.31. The van der Waals surface area contributed by atoms with Crippen LogP contribution in [-0.4, -0.2) is 14.8 Å². The minimum absolute atomic E-state index is 0.220. The maximum atomic E-state index is 6.20. The first-order valence-electron chi connectivity index (χ1n) is 5.38. The number of benzene rings is 1. The fourth-order valence-corrected chi connectivity index (χ4v) is 2.42. The van der Waals surface area contributed by atoms with Gasteiger partial charge in [-0.3, -0.25) is 4.57 Å². The van der Waals surface area contributed by atoms with Crippen LogP contribution < -0.4 is 0 Å². The molecule has 2 aromatic rings. The van der Waals surface area contributed by atoms with Crippen molar-refractivity contribution in [1.82, 2.24) is 14.8 Å². The maximum Gasteiger partial charge on any atom is 0.229 e. The zero-order valence-electron chi connectivity index (χ0n) is 10.2. The molecular weight excluding hydrogens is 293 g/mol. The zero-order chi connectivity index (χ0) is 13.5. The monoisotopic (exact) mass is 303 g/mol. The molecule has 0 amide bonds. The normalized spacial score (nSPS) is 11.9. The van der Waals surface area contributed by atoms with Crippen LogP contribution in [0.2, 0.25) is 15.3 Å². The summed E-state index contributed by atoms with van der Waals surface area (Å²) in [5.41, 5.74) is 0.392. The number of rotatable bonds is 1. The van der Waals surface area contributed by atoms with Crippen molar-refractivity contribution >= 4 is 34.8 Å². The smallest absolute Gasteiger partial charge is 0.229 e. The fourth-order valence-electron chi connectivity index (χ4n) is 1.65. The third-order valence-electron chi connectivity index (χ3n) is 2.46. The van der Waals surface area contributed by atoms with Crippen molar-refractivity contribution in [1.29, 1.82) is 0 Å². The Morgan fingerprint density at radius 1 is 1.00 bits per heavy atom. The van der Waals surface area contributed by atoms with E-state index < -0.39 is 0 Å². The highest BCUT2D eigenvalue weighted by Gasteiger charge is 2.26. The fraction of sp³-hybridized carbons (Fsp3) is 0.333. The number of hydrogen-bond acceptors (Lipinski definition) is 2. The summed E-state index contributed by atoms with van der Waals surface area (Å²) in [5.74, 6) is 0.711. The zero-order valence-corrected chi connectivity index (χ0v) is 12.5. The molecule has 0 aliphatic heterocycles. The van der Waals surface area contributed by atoms with E-state index in [4.69, 9.17) is 34.8 Å². The Labute approximate surface area is 121 Å². The van der Waals surface area contributed by atoms with Crippen molar-refractivity contribution < 1.29 is 0 Å². The standard InChI is InChI=1S/C12H12Cl3N3/c1-12(2,3)10-16-17-11(15)18(10)9-7(13)5-4-6-8(9)14/h4-6H,1-3H3. The minimum Gasteiger partial charge on any atom is -0.266 e. The predicted octanol–water partition coefficient (Wildman–Crippen LogP) is 4.53. The predicted molar refractivity (Wildman–Crippen MR) is 75.1 cm³/mol. The van der Waals surface area contributed by atoms with Gasteiger partial charge in [0.15, 0.2) is 0 Å². The second-order valence-corrected chi connectivity index (χ2v) is 6.10. The lowest BCUT2D eigenvalue weighted by Crippen LogP contribution is -2.18. The first kappa shape index (κ1) is 13.7. The maximum absolute atomic E-state index is 6.20. The molecule has 0 N–H and O–H groups in total. The quantitative estimate of drug-likeness (QED) is 0.775. The van der Waals surface area contributed by atoms with Gasteiger partial charge in [0, 0.05) is 5.41 Å². The lowest BCUT2D eigenvalue weighted by molar-refractivity contribution is 0.533. The van der Waals surface area contributed by atoms with E-state index in [0.717, 1.165) is 0 Å². The molecule has 0 aliphatic rings. The van der Waals surface area contributed by atoms with E-state index in [1.807, 2.05) is 20.8 Å². The van der Waals surface area contributed by atoms with E-state index >= 15 is 0 Å². The van der Waals surface area contributed by atoms with Gasteiger partial charge in [0.2, 0.25) is 5.28 Å². The summed E-state index contributed by atoms with van der Waals surface area (Å²) >= 11 is 18.5. The highest BCUT2D eigenvalue weighted by Crippen LogP contribution is 2.34. The summed E-state index contributed by atoms with van der Waals surface area (Å²) < 4.78 is 1.69. The number of nitrogens with zero attached hydrogens (tertiary/aromatic N) is 3. The summed E-state index contributed by atoms with van der Waals surface area (Å²) in [4.78, 5) is 0. The third kappa shape index (κ3) is 2.35. The first-order chi connectivity index (χ1) is 8.32. The van der Waals surface area contributed by atoms with Crippen LogP contribution in [-0.2, 0) is 5.41 Å². The molecular formula is C12H12Cl3N3. The van der Waals surface area contributed by atoms with Gasteiger partial charge in [-0.05, 0) is 23.7 Å². The lowest BCUT2D eigenvalue weighted by atomic mass is 9.95. The molecule has 0 saturated carbocycles. The molecule has 1 aromatic heterocycles. The summed E-state index contributed by atoms with van der Waals surface area (Å²) in [6.07, 6.45) is 0. The van der Waals surface area contributed by atoms with Gasteiger partial charge in [-0.25, -0.2) is 0 Å². The molecule has 1 heterocycles. The molecule has 0 unspecified atom stereocenters. The van der Waals surface area contributed by atoms with Gasteiger partial charge < -0.3 is 0 Å². The van der Waals surface area contributed by atoms with Crippen LogP contribution in [0.25, 0.3) is 5.69 Å². The summed E-state index contributed by atoms with van der Waals surface area (Å²) in [6, 6.07) is 5.29. The Balaban J connectivity index is 2.76. The minimum atomic E-state index is -0.220.